The number of benzene rings is 1. The van der Waals surface area contributed by atoms with Crippen LogP contribution >= 0.6 is 0 Å². The van der Waals surface area contributed by atoms with Crippen LogP contribution < -0.4 is 11.1 Å². The number of hydrogen-bond acceptors (Lipinski definition) is 3. The molecule has 0 aliphatic heterocycles. The van der Waals surface area contributed by atoms with Crippen molar-refractivity contribution in [3.05, 3.63) is 24.0 Å². The van der Waals surface area contributed by atoms with Crippen LogP contribution in [-0.4, -0.2) is 19.1 Å². The monoisotopic (exact) mass is 226 g/mol. The summed E-state index contributed by atoms with van der Waals surface area (Å²) in [5.41, 5.74) is 5.84. The van der Waals surface area contributed by atoms with Crippen LogP contribution in [0.1, 0.15) is 13.3 Å². The van der Waals surface area contributed by atoms with E-state index in [0.717, 1.165) is 6.07 Å². The number of nitrogens with one attached hydrogen (secondary N) is 1. The standard InChI is InChI=1S/C11H15FN2O2/c1-2-16-6-5-11(15)14-10-4-3-8(13)7-9(10)12/h3-4,7H,2,5-6,13H2,1H3,(H,14,15). The highest BCUT2D eigenvalue weighted by molar-refractivity contribution is 5.91. The Morgan fingerprint density at radius 3 is 2.94 bits per heavy atom. The van der Waals surface area contributed by atoms with Crippen LogP contribution in [0.25, 0.3) is 0 Å². The van der Waals surface area contributed by atoms with Crippen LogP contribution in [0.2, 0.25) is 0 Å². The maximum atomic E-state index is 13.3. The topological polar surface area (TPSA) is 64.3 Å². The minimum atomic E-state index is -0.537. The van der Waals surface area contributed by atoms with E-state index in [2.05, 4.69) is 5.32 Å². The van der Waals surface area contributed by atoms with E-state index in [1.54, 1.807) is 0 Å². The zero-order valence-electron chi connectivity index (χ0n) is 9.13. The molecule has 0 spiro atoms. The van der Waals surface area contributed by atoms with E-state index in [1.165, 1.54) is 12.1 Å². The van der Waals surface area contributed by atoms with Gasteiger partial charge >= 0.3 is 0 Å². The highest BCUT2D eigenvalue weighted by Gasteiger charge is 2.06. The van der Waals surface area contributed by atoms with E-state index >= 15 is 0 Å². The first-order valence-electron chi connectivity index (χ1n) is 5.06. The second-order valence-electron chi connectivity index (χ2n) is 3.23. The van der Waals surface area contributed by atoms with E-state index < -0.39 is 5.82 Å². The molecule has 0 atom stereocenters. The average Bonchev–Trinajstić information content (AvgIpc) is 2.23. The second kappa shape index (κ2) is 6.07. The molecule has 1 aromatic rings. The van der Waals surface area contributed by atoms with Crippen molar-refractivity contribution in [3.63, 3.8) is 0 Å². The number of ether oxygens (including phenoxy) is 1. The summed E-state index contributed by atoms with van der Waals surface area (Å²) in [5.74, 6) is -0.818. The van der Waals surface area contributed by atoms with Gasteiger partial charge in [0.05, 0.1) is 18.7 Å². The molecular formula is C11H15FN2O2. The number of rotatable bonds is 5. The van der Waals surface area contributed by atoms with E-state index in [1.807, 2.05) is 6.92 Å². The molecule has 0 unspecified atom stereocenters. The zero-order valence-corrected chi connectivity index (χ0v) is 9.13. The van der Waals surface area contributed by atoms with Crippen molar-refractivity contribution in [1.82, 2.24) is 0 Å². The SMILES string of the molecule is CCOCCC(=O)Nc1ccc(N)cc1F. The van der Waals surface area contributed by atoms with Crippen molar-refractivity contribution >= 4 is 17.3 Å². The largest absolute Gasteiger partial charge is 0.399 e. The molecule has 1 rings (SSSR count). The molecule has 1 aromatic carbocycles. The fourth-order valence-corrected chi connectivity index (χ4v) is 1.15. The Balaban J connectivity index is 2.49. The molecule has 3 N–H and O–H groups in total. The van der Waals surface area contributed by atoms with Crippen LogP contribution in [0.4, 0.5) is 15.8 Å². The molecule has 0 heterocycles. The molecule has 16 heavy (non-hydrogen) atoms. The zero-order chi connectivity index (χ0) is 12.0. The van der Waals surface area contributed by atoms with Gasteiger partial charge in [-0.2, -0.15) is 0 Å². The lowest BCUT2D eigenvalue weighted by molar-refractivity contribution is -0.117. The Hall–Kier alpha value is -1.62. The normalized spacial score (nSPS) is 10.1. The van der Waals surface area contributed by atoms with Gasteiger partial charge < -0.3 is 15.8 Å². The summed E-state index contributed by atoms with van der Waals surface area (Å²) in [5, 5.41) is 2.45. The van der Waals surface area contributed by atoms with Crippen LogP contribution in [0, 0.1) is 5.82 Å². The third-order valence-electron chi connectivity index (χ3n) is 1.94. The summed E-state index contributed by atoms with van der Waals surface area (Å²) in [4.78, 5) is 11.3. The molecule has 1 amide bonds. The smallest absolute Gasteiger partial charge is 0.226 e. The van der Waals surface area contributed by atoms with Gasteiger partial charge in [0.15, 0.2) is 0 Å². The summed E-state index contributed by atoms with van der Waals surface area (Å²) in [6.07, 6.45) is 0.206. The number of halogens is 1. The first-order valence-corrected chi connectivity index (χ1v) is 5.06. The molecule has 88 valence electrons. The van der Waals surface area contributed by atoms with E-state index in [0.29, 0.717) is 18.9 Å². The fraction of sp³-hybridized carbons (Fsp3) is 0.364. The van der Waals surface area contributed by atoms with Gasteiger partial charge in [-0.05, 0) is 25.1 Å². The van der Waals surface area contributed by atoms with Gasteiger partial charge in [-0.25, -0.2) is 4.39 Å². The van der Waals surface area contributed by atoms with Gasteiger partial charge in [0, 0.05) is 12.3 Å². The van der Waals surface area contributed by atoms with Gasteiger partial charge in [-0.1, -0.05) is 0 Å². The highest BCUT2D eigenvalue weighted by atomic mass is 19.1. The number of carbonyl (C=O) groups excluding carboxylic acids is 1. The minimum absolute atomic E-state index is 0.135. The highest BCUT2D eigenvalue weighted by Crippen LogP contribution is 2.16. The molecule has 4 nitrogen and oxygen atoms in total. The third kappa shape index (κ3) is 3.86. The molecule has 0 aliphatic carbocycles. The van der Waals surface area contributed by atoms with Crippen LogP contribution in [0.3, 0.4) is 0 Å². The van der Waals surface area contributed by atoms with E-state index in [9.17, 15) is 9.18 Å². The number of amides is 1. The van der Waals surface area contributed by atoms with E-state index in [4.69, 9.17) is 10.5 Å². The number of carbonyl (C=O) groups is 1. The molecule has 0 saturated heterocycles. The van der Waals surface area contributed by atoms with Crippen LogP contribution in [0.5, 0.6) is 0 Å². The maximum Gasteiger partial charge on any atom is 0.226 e. The first kappa shape index (κ1) is 12.4. The van der Waals surface area contributed by atoms with Crippen molar-refractivity contribution in [2.75, 3.05) is 24.3 Å². The number of hydrogen-bond donors (Lipinski definition) is 2. The maximum absolute atomic E-state index is 13.3. The van der Waals surface area contributed by atoms with Crippen molar-refractivity contribution in [2.45, 2.75) is 13.3 Å². The lowest BCUT2D eigenvalue weighted by Crippen LogP contribution is -2.15. The fourth-order valence-electron chi connectivity index (χ4n) is 1.15. The Morgan fingerprint density at radius 1 is 1.56 bits per heavy atom. The van der Waals surface area contributed by atoms with E-state index in [-0.39, 0.29) is 18.0 Å². The first-order chi connectivity index (χ1) is 7.63. The van der Waals surface area contributed by atoms with Gasteiger partial charge in [-0.15, -0.1) is 0 Å². The number of nitrogen functional groups attached to an aromatic ring is 1. The minimum Gasteiger partial charge on any atom is -0.399 e. The van der Waals surface area contributed by atoms with Gasteiger partial charge in [0.1, 0.15) is 5.82 Å². The Bertz CT molecular complexity index is 369. The molecule has 0 bridgehead atoms. The van der Waals surface area contributed by atoms with Crippen molar-refractivity contribution in [2.24, 2.45) is 0 Å². The molecule has 5 heteroatoms. The van der Waals surface area contributed by atoms with Crippen LogP contribution in [0.15, 0.2) is 18.2 Å². The van der Waals surface area contributed by atoms with Crippen molar-refractivity contribution in [3.8, 4) is 0 Å². The lowest BCUT2D eigenvalue weighted by atomic mass is 10.2. The Labute approximate surface area is 93.6 Å². The Kier molecular flexibility index (Phi) is 4.72. The number of anilines is 2. The third-order valence-corrected chi connectivity index (χ3v) is 1.94. The van der Waals surface area contributed by atoms with Gasteiger partial charge in [0.2, 0.25) is 5.91 Å². The molecule has 0 fully saturated rings. The van der Waals surface area contributed by atoms with Gasteiger partial charge in [-0.3, -0.25) is 4.79 Å². The Morgan fingerprint density at radius 2 is 2.31 bits per heavy atom. The summed E-state index contributed by atoms with van der Waals surface area (Å²) in [6.45, 7) is 2.74. The lowest BCUT2D eigenvalue weighted by Gasteiger charge is -2.06. The second-order valence-corrected chi connectivity index (χ2v) is 3.23. The molecule has 0 aliphatic rings. The van der Waals surface area contributed by atoms with Crippen LogP contribution in [-0.2, 0) is 9.53 Å². The molecule has 0 saturated carbocycles. The summed E-state index contributed by atoms with van der Waals surface area (Å²) < 4.78 is 18.3. The predicted molar refractivity (Wildman–Crippen MR) is 60.6 cm³/mol. The average molecular weight is 226 g/mol. The summed E-state index contributed by atoms with van der Waals surface area (Å²) in [7, 11) is 0. The molecule has 0 radical (unpaired) electrons. The molecule has 0 aromatic heterocycles. The molecular weight excluding hydrogens is 211 g/mol. The summed E-state index contributed by atoms with van der Waals surface area (Å²) in [6, 6.07) is 4.13. The summed E-state index contributed by atoms with van der Waals surface area (Å²) >= 11 is 0. The quantitative estimate of drug-likeness (QED) is 0.594. The van der Waals surface area contributed by atoms with Crippen molar-refractivity contribution < 1.29 is 13.9 Å². The van der Waals surface area contributed by atoms with Gasteiger partial charge in [0.25, 0.3) is 0 Å². The number of nitrogens with two attached hydrogens (primary N) is 1. The van der Waals surface area contributed by atoms with Crippen molar-refractivity contribution in [1.29, 1.82) is 0 Å². The predicted octanol–water partition coefficient (Wildman–Crippen LogP) is 1.77.